The summed E-state index contributed by atoms with van der Waals surface area (Å²) in [6.45, 7) is 9.37. The number of rotatable bonds is 7. The molecule has 2 aliphatic rings. The van der Waals surface area contributed by atoms with E-state index in [9.17, 15) is 8.42 Å². The van der Waals surface area contributed by atoms with Gasteiger partial charge in [-0.1, -0.05) is 6.92 Å². The van der Waals surface area contributed by atoms with Crippen LogP contribution in [0.3, 0.4) is 0 Å². The van der Waals surface area contributed by atoms with Crippen LogP contribution in [0.25, 0.3) is 0 Å². The molecule has 2 fully saturated rings. The highest BCUT2D eigenvalue weighted by Crippen LogP contribution is 2.18. The topological polar surface area (TPSA) is 52.7 Å². The normalized spacial score (nSPS) is 27.0. The summed E-state index contributed by atoms with van der Waals surface area (Å²) in [6, 6.07) is 0. The Labute approximate surface area is 130 Å². The second kappa shape index (κ2) is 7.90. The lowest BCUT2D eigenvalue weighted by Gasteiger charge is -2.31. The van der Waals surface area contributed by atoms with Gasteiger partial charge in [0.15, 0.2) is 0 Å². The average Bonchev–Trinajstić information content (AvgIpc) is 2.91. The Balaban J connectivity index is 1.63. The minimum absolute atomic E-state index is 0.465. The number of hydrogen-bond acceptors (Lipinski definition) is 4. The van der Waals surface area contributed by atoms with E-state index in [-0.39, 0.29) is 0 Å². The van der Waals surface area contributed by atoms with Gasteiger partial charge >= 0.3 is 0 Å². The number of nitrogens with zero attached hydrogens (tertiary/aromatic N) is 2. The lowest BCUT2D eigenvalue weighted by molar-refractivity contribution is 0.249. The van der Waals surface area contributed by atoms with E-state index in [0.717, 1.165) is 25.9 Å². The first-order chi connectivity index (χ1) is 9.95. The van der Waals surface area contributed by atoms with Crippen LogP contribution in [0.5, 0.6) is 0 Å². The summed E-state index contributed by atoms with van der Waals surface area (Å²) in [5.74, 6) is 1.13. The van der Waals surface area contributed by atoms with Gasteiger partial charge in [-0.05, 0) is 63.7 Å². The maximum absolute atomic E-state index is 11.6. The summed E-state index contributed by atoms with van der Waals surface area (Å²) in [4.78, 5) is 2.55. The van der Waals surface area contributed by atoms with Crippen LogP contribution in [0.4, 0.5) is 0 Å². The number of sulfonamides is 1. The summed E-state index contributed by atoms with van der Waals surface area (Å²) in [6.07, 6.45) is 6.15. The van der Waals surface area contributed by atoms with E-state index >= 15 is 0 Å². The van der Waals surface area contributed by atoms with Gasteiger partial charge in [0.05, 0.1) is 6.26 Å². The molecule has 2 saturated heterocycles. The number of piperidine rings is 1. The predicted molar refractivity (Wildman–Crippen MR) is 86.8 cm³/mol. The molecule has 2 unspecified atom stereocenters. The first-order valence-corrected chi connectivity index (χ1v) is 10.2. The summed E-state index contributed by atoms with van der Waals surface area (Å²) in [5.41, 5.74) is 0. The van der Waals surface area contributed by atoms with Gasteiger partial charge < -0.3 is 10.2 Å². The SMILES string of the molecule is CC(CNCC1CCCN(S(C)(=O)=O)C1)CN1CCCC1. The average molecular weight is 317 g/mol. The minimum atomic E-state index is -3.02. The molecule has 2 atom stereocenters. The summed E-state index contributed by atoms with van der Waals surface area (Å²) >= 11 is 0. The van der Waals surface area contributed by atoms with E-state index in [2.05, 4.69) is 17.1 Å². The fraction of sp³-hybridized carbons (Fsp3) is 1.00. The molecule has 0 aliphatic carbocycles. The van der Waals surface area contributed by atoms with Gasteiger partial charge in [-0.3, -0.25) is 0 Å². The van der Waals surface area contributed by atoms with Crippen molar-refractivity contribution in [2.45, 2.75) is 32.6 Å². The zero-order chi connectivity index (χ0) is 15.3. The second-order valence-electron chi connectivity index (χ2n) is 6.90. The van der Waals surface area contributed by atoms with Crippen molar-refractivity contribution in [1.82, 2.24) is 14.5 Å². The Morgan fingerprint density at radius 3 is 2.57 bits per heavy atom. The lowest BCUT2D eigenvalue weighted by atomic mass is 9.99. The third-order valence-electron chi connectivity index (χ3n) is 4.65. The zero-order valence-corrected chi connectivity index (χ0v) is 14.4. The molecule has 0 aromatic heterocycles. The molecule has 0 aromatic carbocycles. The van der Waals surface area contributed by atoms with E-state index in [1.807, 2.05) is 0 Å². The Hall–Kier alpha value is -0.170. The van der Waals surface area contributed by atoms with Crippen LogP contribution in [0.2, 0.25) is 0 Å². The Bertz CT molecular complexity index is 407. The molecule has 6 heteroatoms. The van der Waals surface area contributed by atoms with Gasteiger partial charge in [-0.15, -0.1) is 0 Å². The fourth-order valence-electron chi connectivity index (χ4n) is 3.50. The highest BCUT2D eigenvalue weighted by molar-refractivity contribution is 7.88. The van der Waals surface area contributed by atoms with Crippen LogP contribution in [0.15, 0.2) is 0 Å². The minimum Gasteiger partial charge on any atom is -0.316 e. The van der Waals surface area contributed by atoms with Crippen molar-refractivity contribution in [1.29, 1.82) is 0 Å². The fourth-order valence-corrected chi connectivity index (χ4v) is 4.44. The largest absolute Gasteiger partial charge is 0.316 e. The standard InChI is InChI=1S/C15H31N3O2S/c1-14(12-17-7-3-4-8-17)10-16-11-15-6-5-9-18(13-15)21(2,19)20/h14-16H,3-13H2,1-2H3. The van der Waals surface area contributed by atoms with E-state index < -0.39 is 10.0 Å². The molecule has 0 amide bonds. The number of hydrogen-bond donors (Lipinski definition) is 1. The first-order valence-electron chi connectivity index (χ1n) is 8.33. The van der Waals surface area contributed by atoms with Crippen LogP contribution in [0, 0.1) is 11.8 Å². The molecule has 0 spiro atoms. The van der Waals surface area contributed by atoms with Crippen molar-refractivity contribution in [3.8, 4) is 0 Å². The highest BCUT2D eigenvalue weighted by Gasteiger charge is 2.25. The molecule has 5 nitrogen and oxygen atoms in total. The molecule has 2 aliphatic heterocycles. The van der Waals surface area contributed by atoms with Gasteiger partial charge in [-0.2, -0.15) is 0 Å². The molecule has 124 valence electrons. The van der Waals surface area contributed by atoms with Crippen molar-refractivity contribution < 1.29 is 8.42 Å². The molecule has 0 bridgehead atoms. The molecule has 2 rings (SSSR count). The Morgan fingerprint density at radius 2 is 1.90 bits per heavy atom. The van der Waals surface area contributed by atoms with Gasteiger partial charge in [0.2, 0.25) is 10.0 Å². The van der Waals surface area contributed by atoms with E-state index in [0.29, 0.717) is 24.9 Å². The van der Waals surface area contributed by atoms with Crippen LogP contribution >= 0.6 is 0 Å². The third kappa shape index (κ3) is 5.85. The lowest BCUT2D eigenvalue weighted by Crippen LogP contribution is -2.43. The summed E-state index contributed by atoms with van der Waals surface area (Å²) < 4.78 is 24.8. The van der Waals surface area contributed by atoms with Gasteiger partial charge in [0.1, 0.15) is 0 Å². The highest BCUT2D eigenvalue weighted by atomic mass is 32.2. The monoisotopic (exact) mass is 317 g/mol. The van der Waals surface area contributed by atoms with Crippen LogP contribution < -0.4 is 5.32 Å². The zero-order valence-electron chi connectivity index (χ0n) is 13.6. The van der Waals surface area contributed by atoms with E-state index in [1.165, 1.54) is 38.7 Å². The molecular formula is C15H31N3O2S. The molecule has 0 radical (unpaired) electrons. The molecule has 1 N–H and O–H groups in total. The van der Waals surface area contributed by atoms with Crippen molar-refractivity contribution >= 4 is 10.0 Å². The predicted octanol–water partition coefficient (Wildman–Crippen LogP) is 0.980. The second-order valence-corrected chi connectivity index (χ2v) is 8.88. The van der Waals surface area contributed by atoms with E-state index in [4.69, 9.17) is 0 Å². The molecule has 21 heavy (non-hydrogen) atoms. The molecule has 0 aromatic rings. The maximum Gasteiger partial charge on any atom is 0.211 e. The van der Waals surface area contributed by atoms with Gasteiger partial charge in [0, 0.05) is 19.6 Å². The van der Waals surface area contributed by atoms with Crippen molar-refractivity contribution in [2.75, 3.05) is 52.1 Å². The van der Waals surface area contributed by atoms with Crippen molar-refractivity contribution in [3.05, 3.63) is 0 Å². The molecular weight excluding hydrogens is 286 g/mol. The van der Waals surface area contributed by atoms with Crippen LogP contribution in [0.1, 0.15) is 32.6 Å². The number of likely N-dealkylation sites (tertiary alicyclic amines) is 1. The van der Waals surface area contributed by atoms with Crippen molar-refractivity contribution in [2.24, 2.45) is 11.8 Å². The Morgan fingerprint density at radius 1 is 1.19 bits per heavy atom. The van der Waals surface area contributed by atoms with Crippen LogP contribution in [-0.4, -0.2) is 69.7 Å². The molecule has 0 saturated carbocycles. The van der Waals surface area contributed by atoms with Crippen molar-refractivity contribution in [3.63, 3.8) is 0 Å². The van der Waals surface area contributed by atoms with Gasteiger partial charge in [-0.25, -0.2) is 12.7 Å². The van der Waals surface area contributed by atoms with Crippen LogP contribution in [-0.2, 0) is 10.0 Å². The quantitative estimate of drug-likeness (QED) is 0.760. The maximum atomic E-state index is 11.6. The summed E-state index contributed by atoms with van der Waals surface area (Å²) in [7, 11) is -3.02. The summed E-state index contributed by atoms with van der Waals surface area (Å²) in [5, 5.41) is 3.55. The number of nitrogens with one attached hydrogen (secondary N) is 1. The third-order valence-corrected chi connectivity index (χ3v) is 5.91. The van der Waals surface area contributed by atoms with Gasteiger partial charge in [0.25, 0.3) is 0 Å². The van der Waals surface area contributed by atoms with E-state index in [1.54, 1.807) is 4.31 Å². The smallest absolute Gasteiger partial charge is 0.211 e. The molecule has 2 heterocycles. The Kier molecular flexibility index (Phi) is 6.47. The first kappa shape index (κ1) is 17.2.